The Hall–Kier alpha value is -2.18. The Labute approximate surface area is 155 Å². The molecular weight excluding hydrogens is 362 g/mol. The molecule has 0 heterocycles. The highest BCUT2D eigenvalue weighted by atomic mass is 35.5. The van der Waals surface area contributed by atoms with Gasteiger partial charge in [-0.1, -0.05) is 23.7 Å². The highest BCUT2D eigenvalue weighted by molar-refractivity contribution is 8.00. The topological polar surface area (TPSA) is 78.6 Å². The van der Waals surface area contributed by atoms with Crippen LogP contribution in [0.2, 0.25) is 5.02 Å². The van der Waals surface area contributed by atoms with Gasteiger partial charge in [0.05, 0.1) is 24.5 Å². The number of halogens is 1. The van der Waals surface area contributed by atoms with Crippen molar-refractivity contribution in [1.82, 2.24) is 0 Å². The zero-order valence-electron chi connectivity index (χ0n) is 13.4. The zero-order chi connectivity index (χ0) is 18.1. The molecule has 0 radical (unpaired) electrons. The summed E-state index contributed by atoms with van der Waals surface area (Å²) in [7, 11) is 0. The second-order valence-electron chi connectivity index (χ2n) is 5.04. The Balaban J connectivity index is 1.76. The van der Waals surface area contributed by atoms with Crippen molar-refractivity contribution in [3.8, 4) is 5.75 Å². The minimum atomic E-state index is -0.437. The van der Waals surface area contributed by atoms with Crippen LogP contribution in [0.1, 0.15) is 16.8 Å². The molecule has 0 bridgehead atoms. The van der Waals surface area contributed by atoms with Crippen molar-refractivity contribution in [3.63, 3.8) is 0 Å². The SMILES string of the molecule is NC(=O)CSc1ccccc1C(=O)OCCCOc1ccc(Cl)cc1. The lowest BCUT2D eigenvalue weighted by Gasteiger charge is -2.09. The zero-order valence-corrected chi connectivity index (χ0v) is 15.0. The number of hydrogen-bond donors (Lipinski definition) is 1. The Morgan fingerprint density at radius 2 is 1.76 bits per heavy atom. The van der Waals surface area contributed by atoms with Gasteiger partial charge in [0.2, 0.25) is 5.91 Å². The van der Waals surface area contributed by atoms with Crippen LogP contribution in [0.3, 0.4) is 0 Å². The highest BCUT2D eigenvalue weighted by Crippen LogP contribution is 2.23. The molecule has 0 aromatic heterocycles. The summed E-state index contributed by atoms with van der Waals surface area (Å²) in [6, 6.07) is 14.0. The number of ether oxygens (including phenoxy) is 2. The quantitative estimate of drug-likeness (QED) is 0.409. The molecule has 0 aliphatic rings. The lowest BCUT2D eigenvalue weighted by Crippen LogP contribution is -2.14. The molecule has 0 fully saturated rings. The van der Waals surface area contributed by atoms with Gasteiger partial charge in [0.1, 0.15) is 5.75 Å². The number of esters is 1. The van der Waals surface area contributed by atoms with E-state index >= 15 is 0 Å². The normalized spacial score (nSPS) is 10.3. The molecule has 2 N–H and O–H groups in total. The standard InChI is InChI=1S/C18H18ClNO4S/c19-13-6-8-14(9-7-13)23-10-3-11-24-18(22)15-4-1-2-5-16(15)25-12-17(20)21/h1-2,4-9H,3,10-12H2,(H2,20,21). The average molecular weight is 380 g/mol. The van der Waals surface area contributed by atoms with Gasteiger partial charge >= 0.3 is 5.97 Å². The molecule has 2 aromatic rings. The second kappa shape index (κ2) is 9.96. The third kappa shape index (κ3) is 6.68. The monoisotopic (exact) mass is 379 g/mol. The van der Waals surface area contributed by atoms with Crippen molar-refractivity contribution in [2.45, 2.75) is 11.3 Å². The van der Waals surface area contributed by atoms with E-state index < -0.39 is 11.9 Å². The van der Waals surface area contributed by atoms with Gasteiger partial charge in [0, 0.05) is 16.3 Å². The van der Waals surface area contributed by atoms with Gasteiger partial charge in [-0.3, -0.25) is 4.79 Å². The van der Waals surface area contributed by atoms with Gasteiger partial charge in [0.15, 0.2) is 0 Å². The van der Waals surface area contributed by atoms with E-state index in [-0.39, 0.29) is 12.4 Å². The van der Waals surface area contributed by atoms with Gasteiger partial charge in [0.25, 0.3) is 0 Å². The van der Waals surface area contributed by atoms with Crippen LogP contribution < -0.4 is 10.5 Å². The molecule has 5 nitrogen and oxygen atoms in total. The molecule has 2 rings (SSSR count). The molecule has 0 aliphatic carbocycles. The summed E-state index contributed by atoms with van der Waals surface area (Å²) in [5.74, 6) is -0.0466. The maximum Gasteiger partial charge on any atom is 0.339 e. The van der Waals surface area contributed by atoms with Crippen molar-refractivity contribution >= 4 is 35.2 Å². The van der Waals surface area contributed by atoms with E-state index in [0.29, 0.717) is 34.3 Å². The second-order valence-corrected chi connectivity index (χ2v) is 6.50. The van der Waals surface area contributed by atoms with Crippen molar-refractivity contribution < 1.29 is 19.1 Å². The molecule has 1 amide bonds. The summed E-state index contributed by atoms with van der Waals surface area (Å²) < 4.78 is 10.8. The van der Waals surface area contributed by atoms with Crippen LogP contribution >= 0.6 is 23.4 Å². The fourth-order valence-electron chi connectivity index (χ4n) is 1.93. The smallest absolute Gasteiger partial charge is 0.339 e. The predicted molar refractivity (Wildman–Crippen MR) is 98.2 cm³/mol. The van der Waals surface area contributed by atoms with Crippen molar-refractivity contribution in [1.29, 1.82) is 0 Å². The predicted octanol–water partition coefficient (Wildman–Crippen LogP) is 3.54. The number of benzene rings is 2. The van der Waals surface area contributed by atoms with Crippen LogP contribution in [0.5, 0.6) is 5.75 Å². The van der Waals surface area contributed by atoms with Crippen molar-refractivity contribution in [2.24, 2.45) is 5.73 Å². The van der Waals surface area contributed by atoms with Crippen molar-refractivity contribution in [3.05, 3.63) is 59.1 Å². The molecule has 7 heteroatoms. The fourth-order valence-corrected chi connectivity index (χ4v) is 2.84. The molecule has 0 saturated heterocycles. The summed E-state index contributed by atoms with van der Waals surface area (Å²) in [5.41, 5.74) is 5.56. The number of rotatable bonds is 9. The fraction of sp³-hybridized carbons (Fsp3) is 0.222. The molecule has 0 atom stereocenters. The first-order chi connectivity index (χ1) is 12.1. The number of carbonyl (C=O) groups excluding carboxylic acids is 2. The maximum atomic E-state index is 12.2. The Bertz CT molecular complexity index is 721. The number of thioether (sulfide) groups is 1. The Morgan fingerprint density at radius 3 is 2.48 bits per heavy atom. The summed E-state index contributed by atoms with van der Waals surface area (Å²) in [6.07, 6.45) is 0.560. The highest BCUT2D eigenvalue weighted by Gasteiger charge is 2.13. The first kappa shape index (κ1) is 19.1. The largest absolute Gasteiger partial charge is 0.493 e. The molecule has 0 unspecified atom stereocenters. The van der Waals surface area contributed by atoms with E-state index in [9.17, 15) is 9.59 Å². The number of amides is 1. The minimum absolute atomic E-state index is 0.110. The maximum absolute atomic E-state index is 12.2. The van der Waals surface area contributed by atoms with E-state index in [4.69, 9.17) is 26.8 Å². The van der Waals surface area contributed by atoms with E-state index in [0.717, 1.165) is 0 Å². The molecule has 0 aliphatic heterocycles. The Kier molecular flexibility index (Phi) is 7.63. The number of hydrogen-bond acceptors (Lipinski definition) is 5. The third-order valence-electron chi connectivity index (χ3n) is 3.08. The summed E-state index contributed by atoms with van der Waals surface area (Å²) >= 11 is 7.02. The van der Waals surface area contributed by atoms with Crippen LogP contribution in [-0.4, -0.2) is 30.8 Å². The van der Waals surface area contributed by atoms with Crippen LogP contribution in [0.4, 0.5) is 0 Å². The average Bonchev–Trinajstić information content (AvgIpc) is 2.61. The summed E-state index contributed by atoms with van der Waals surface area (Å²) in [4.78, 5) is 23.7. The van der Waals surface area contributed by atoms with Gasteiger partial charge in [-0.25, -0.2) is 4.79 Å². The minimum Gasteiger partial charge on any atom is -0.493 e. The van der Waals surface area contributed by atoms with E-state index in [2.05, 4.69) is 0 Å². The molecule has 132 valence electrons. The van der Waals surface area contributed by atoms with Gasteiger partial charge < -0.3 is 15.2 Å². The lowest BCUT2D eigenvalue weighted by atomic mass is 10.2. The molecule has 0 spiro atoms. The van der Waals surface area contributed by atoms with Crippen LogP contribution in [0, 0.1) is 0 Å². The first-order valence-electron chi connectivity index (χ1n) is 7.62. The van der Waals surface area contributed by atoms with Crippen LogP contribution in [0.15, 0.2) is 53.4 Å². The lowest BCUT2D eigenvalue weighted by molar-refractivity contribution is -0.115. The van der Waals surface area contributed by atoms with E-state index in [1.807, 2.05) is 0 Å². The van der Waals surface area contributed by atoms with Gasteiger partial charge in [-0.05, 0) is 36.4 Å². The number of nitrogens with two attached hydrogens (primary N) is 1. The van der Waals surface area contributed by atoms with Gasteiger partial charge in [-0.15, -0.1) is 11.8 Å². The summed E-state index contributed by atoms with van der Waals surface area (Å²) in [5, 5.41) is 0.647. The molecule has 2 aromatic carbocycles. The van der Waals surface area contributed by atoms with Crippen LogP contribution in [0.25, 0.3) is 0 Å². The van der Waals surface area contributed by atoms with Crippen LogP contribution in [-0.2, 0) is 9.53 Å². The number of carbonyl (C=O) groups is 2. The number of primary amides is 1. The van der Waals surface area contributed by atoms with Crippen molar-refractivity contribution in [2.75, 3.05) is 19.0 Å². The van der Waals surface area contributed by atoms with Gasteiger partial charge in [-0.2, -0.15) is 0 Å². The molecular formula is C18H18ClNO4S. The third-order valence-corrected chi connectivity index (χ3v) is 4.43. The van der Waals surface area contributed by atoms with E-state index in [1.54, 1.807) is 48.5 Å². The molecule has 25 heavy (non-hydrogen) atoms. The molecule has 0 saturated carbocycles. The summed E-state index contributed by atoms with van der Waals surface area (Å²) in [6.45, 7) is 0.661. The first-order valence-corrected chi connectivity index (χ1v) is 8.98. The Morgan fingerprint density at radius 1 is 1.04 bits per heavy atom. The van der Waals surface area contributed by atoms with E-state index in [1.165, 1.54) is 11.8 Å².